The molecule has 1 aromatic rings. The van der Waals surface area contributed by atoms with Crippen LogP contribution in [0.3, 0.4) is 0 Å². The van der Waals surface area contributed by atoms with E-state index in [2.05, 4.69) is 0 Å². The first-order chi connectivity index (χ1) is 13.4. The van der Waals surface area contributed by atoms with Gasteiger partial charge in [-0.1, -0.05) is 49.6 Å². The number of para-hydroxylation sites is 1. The number of Topliss-reactive ketones (excluding diaryl/α,β-unsaturated/α-hetero) is 1. The number of rotatable bonds is 12. The standard InChI is InChI=1S/C23H32O5/c1-23(27,17-28-19-9-5-4-6-10-19)16-15-18-13-14-21(24)20(18)11-7-2-3-8-12-22(25)26/h4-6,9-10,15-16,18,20,27H,2-3,7-8,11-14,17H2,1H3,(H,25,26)/b16-15+/t18-,20-,23-/m1/s1. The van der Waals surface area contributed by atoms with Crippen LogP contribution < -0.4 is 4.74 Å². The first-order valence-electron chi connectivity index (χ1n) is 10.2. The third-order valence-corrected chi connectivity index (χ3v) is 5.29. The van der Waals surface area contributed by atoms with Crippen molar-refractivity contribution in [1.29, 1.82) is 0 Å². The van der Waals surface area contributed by atoms with E-state index >= 15 is 0 Å². The molecule has 2 rings (SSSR count). The van der Waals surface area contributed by atoms with E-state index in [4.69, 9.17) is 9.84 Å². The first-order valence-corrected chi connectivity index (χ1v) is 10.2. The van der Waals surface area contributed by atoms with Crippen LogP contribution in [0.1, 0.15) is 58.3 Å². The molecule has 0 radical (unpaired) electrons. The van der Waals surface area contributed by atoms with Crippen molar-refractivity contribution in [3.63, 3.8) is 0 Å². The van der Waals surface area contributed by atoms with Gasteiger partial charge in [-0.2, -0.15) is 0 Å². The van der Waals surface area contributed by atoms with E-state index in [1.54, 1.807) is 13.0 Å². The average molecular weight is 389 g/mol. The Hall–Kier alpha value is -2.14. The molecule has 0 amide bonds. The molecule has 0 aliphatic heterocycles. The summed E-state index contributed by atoms with van der Waals surface area (Å²) in [5, 5.41) is 19.2. The molecule has 0 saturated heterocycles. The average Bonchev–Trinajstić information content (AvgIpc) is 3.02. The molecule has 0 unspecified atom stereocenters. The number of hydrogen-bond donors (Lipinski definition) is 2. The van der Waals surface area contributed by atoms with E-state index in [-0.39, 0.29) is 24.9 Å². The van der Waals surface area contributed by atoms with Gasteiger partial charge in [-0.15, -0.1) is 0 Å². The number of carbonyl (C=O) groups excluding carboxylic acids is 1. The van der Waals surface area contributed by atoms with Crippen LogP contribution in [0.2, 0.25) is 0 Å². The van der Waals surface area contributed by atoms with Crippen molar-refractivity contribution in [3.05, 3.63) is 42.5 Å². The summed E-state index contributed by atoms with van der Waals surface area (Å²) in [5.74, 6) is 0.448. The maximum atomic E-state index is 12.2. The highest BCUT2D eigenvalue weighted by molar-refractivity contribution is 5.83. The molecule has 0 heterocycles. The summed E-state index contributed by atoms with van der Waals surface area (Å²) in [6.07, 6.45) is 9.70. The van der Waals surface area contributed by atoms with Gasteiger partial charge in [0.1, 0.15) is 23.7 Å². The van der Waals surface area contributed by atoms with Crippen molar-refractivity contribution in [3.8, 4) is 5.75 Å². The third-order valence-electron chi connectivity index (χ3n) is 5.29. The number of ketones is 1. The van der Waals surface area contributed by atoms with Crippen LogP contribution in [0.5, 0.6) is 5.75 Å². The van der Waals surface area contributed by atoms with E-state index in [0.29, 0.717) is 24.4 Å². The number of hydrogen-bond acceptors (Lipinski definition) is 4. The van der Waals surface area contributed by atoms with Gasteiger partial charge in [0.25, 0.3) is 0 Å². The van der Waals surface area contributed by atoms with Crippen LogP contribution in [0.4, 0.5) is 0 Å². The summed E-state index contributed by atoms with van der Waals surface area (Å²) in [6, 6.07) is 9.38. The minimum Gasteiger partial charge on any atom is -0.490 e. The number of carboxylic acids is 1. The number of carbonyl (C=O) groups is 2. The number of allylic oxidation sites excluding steroid dienone is 1. The minimum absolute atomic E-state index is 0.0153. The lowest BCUT2D eigenvalue weighted by atomic mass is 9.88. The van der Waals surface area contributed by atoms with Gasteiger partial charge in [0.05, 0.1) is 0 Å². The fourth-order valence-electron chi connectivity index (χ4n) is 3.66. The number of unbranched alkanes of at least 4 members (excludes halogenated alkanes) is 3. The molecule has 0 aromatic heterocycles. The zero-order valence-corrected chi connectivity index (χ0v) is 16.7. The maximum Gasteiger partial charge on any atom is 0.303 e. The second kappa shape index (κ2) is 11.0. The van der Waals surface area contributed by atoms with Gasteiger partial charge < -0.3 is 14.9 Å². The molecule has 1 aromatic carbocycles. The molecule has 1 fully saturated rings. The van der Waals surface area contributed by atoms with Crippen LogP contribution >= 0.6 is 0 Å². The van der Waals surface area contributed by atoms with E-state index in [1.165, 1.54) is 0 Å². The number of benzene rings is 1. The lowest BCUT2D eigenvalue weighted by molar-refractivity contribution is -0.137. The molecule has 154 valence electrons. The fourth-order valence-corrected chi connectivity index (χ4v) is 3.66. The van der Waals surface area contributed by atoms with Gasteiger partial charge in [-0.05, 0) is 44.2 Å². The molecular formula is C23H32O5. The van der Waals surface area contributed by atoms with Gasteiger partial charge in [0.2, 0.25) is 0 Å². The van der Waals surface area contributed by atoms with Gasteiger partial charge in [0.15, 0.2) is 0 Å². The zero-order chi connectivity index (χ0) is 20.4. The van der Waals surface area contributed by atoms with Crippen LogP contribution in [0, 0.1) is 11.8 Å². The van der Waals surface area contributed by atoms with Crippen LogP contribution in [-0.4, -0.2) is 34.2 Å². The Balaban J connectivity index is 1.78. The van der Waals surface area contributed by atoms with E-state index in [0.717, 1.165) is 32.1 Å². The Labute approximate surface area is 167 Å². The zero-order valence-electron chi connectivity index (χ0n) is 16.7. The number of ether oxygens (including phenoxy) is 1. The summed E-state index contributed by atoms with van der Waals surface area (Å²) < 4.78 is 5.64. The number of carboxylic acid groups (broad SMARTS) is 1. The molecule has 5 nitrogen and oxygen atoms in total. The SMILES string of the molecule is C[C@@](O)(/C=C/[C@H]1CCC(=O)[C@@H]1CCCCCCC(=O)O)COc1ccccc1. The van der Waals surface area contributed by atoms with E-state index < -0.39 is 11.6 Å². The third kappa shape index (κ3) is 7.85. The van der Waals surface area contributed by atoms with E-state index in [1.807, 2.05) is 36.4 Å². The van der Waals surface area contributed by atoms with E-state index in [9.17, 15) is 14.7 Å². The topological polar surface area (TPSA) is 83.8 Å². The van der Waals surface area contributed by atoms with Crippen molar-refractivity contribution in [2.45, 2.75) is 63.9 Å². The van der Waals surface area contributed by atoms with Crippen molar-refractivity contribution in [1.82, 2.24) is 0 Å². The van der Waals surface area contributed by atoms with Crippen molar-refractivity contribution < 1.29 is 24.5 Å². The van der Waals surface area contributed by atoms with Crippen molar-refractivity contribution >= 4 is 11.8 Å². The Morgan fingerprint density at radius 1 is 1.21 bits per heavy atom. The molecule has 5 heteroatoms. The Kier molecular flexibility index (Phi) is 8.71. The molecule has 1 saturated carbocycles. The largest absolute Gasteiger partial charge is 0.490 e. The monoisotopic (exact) mass is 388 g/mol. The molecule has 0 bridgehead atoms. The highest BCUT2D eigenvalue weighted by Crippen LogP contribution is 2.34. The summed E-state index contributed by atoms with van der Waals surface area (Å²) >= 11 is 0. The summed E-state index contributed by atoms with van der Waals surface area (Å²) in [7, 11) is 0. The predicted octanol–water partition coefficient (Wildman–Crippen LogP) is 4.39. The number of aliphatic hydroxyl groups is 1. The Bertz CT molecular complexity index is 650. The molecule has 1 aliphatic carbocycles. The summed E-state index contributed by atoms with van der Waals surface area (Å²) in [6.45, 7) is 1.86. The highest BCUT2D eigenvalue weighted by Gasteiger charge is 2.33. The normalized spacial score (nSPS) is 21.7. The smallest absolute Gasteiger partial charge is 0.303 e. The lowest BCUT2D eigenvalue weighted by Gasteiger charge is -2.21. The summed E-state index contributed by atoms with van der Waals surface area (Å²) in [4.78, 5) is 22.8. The molecule has 3 atom stereocenters. The van der Waals surface area contributed by atoms with Gasteiger partial charge in [-0.3, -0.25) is 9.59 Å². The fraction of sp³-hybridized carbons (Fsp3) is 0.565. The maximum absolute atomic E-state index is 12.2. The summed E-state index contributed by atoms with van der Waals surface area (Å²) in [5.41, 5.74) is -1.09. The quantitative estimate of drug-likeness (QED) is 0.410. The van der Waals surface area contributed by atoms with Crippen LogP contribution in [0.25, 0.3) is 0 Å². The van der Waals surface area contributed by atoms with Gasteiger partial charge in [-0.25, -0.2) is 0 Å². The minimum atomic E-state index is -1.09. The molecule has 28 heavy (non-hydrogen) atoms. The van der Waals surface area contributed by atoms with Gasteiger partial charge >= 0.3 is 5.97 Å². The molecule has 0 spiro atoms. The molecule has 1 aliphatic rings. The Morgan fingerprint density at radius 2 is 1.93 bits per heavy atom. The Morgan fingerprint density at radius 3 is 2.64 bits per heavy atom. The first kappa shape index (κ1) is 22.2. The van der Waals surface area contributed by atoms with Gasteiger partial charge in [0, 0.05) is 18.8 Å². The lowest BCUT2D eigenvalue weighted by Crippen LogP contribution is -2.30. The molecular weight excluding hydrogens is 356 g/mol. The molecule has 2 N–H and O–H groups in total. The van der Waals surface area contributed by atoms with Crippen molar-refractivity contribution in [2.24, 2.45) is 11.8 Å². The van der Waals surface area contributed by atoms with Crippen LogP contribution in [-0.2, 0) is 9.59 Å². The predicted molar refractivity (Wildman–Crippen MR) is 108 cm³/mol. The highest BCUT2D eigenvalue weighted by atomic mass is 16.5. The number of aliphatic carboxylic acids is 1. The second-order valence-electron chi connectivity index (χ2n) is 7.94. The van der Waals surface area contributed by atoms with Crippen LogP contribution in [0.15, 0.2) is 42.5 Å². The second-order valence-corrected chi connectivity index (χ2v) is 7.94. The van der Waals surface area contributed by atoms with Crippen molar-refractivity contribution in [2.75, 3.05) is 6.61 Å².